The van der Waals surface area contributed by atoms with Gasteiger partial charge in [0.1, 0.15) is 0 Å². The van der Waals surface area contributed by atoms with Gasteiger partial charge >= 0.3 is 11.9 Å². The Morgan fingerprint density at radius 2 is 1.84 bits per heavy atom. The summed E-state index contributed by atoms with van der Waals surface area (Å²) in [5.74, 6) is -6.44. The molecule has 0 aromatic heterocycles. The Balaban J connectivity index is 3.24. The van der Waals surface area contributed by atoms with Gasteiger partial charge in [0.15, 0.2) is 11.6 Å². The zero-order valence-electron chi connectivity index (χ0n) is 10.2. The molecule has 1 aromatic rings. The molecular formula is C12H10F2O5. The number of carbonyl (C=O) groups is 3. The van der Waals surface area contributed by atoms with Gasteiger partial charge in [0, 0.05) is 5.56 Å². The predicted octanol–water partition coefficient (Wildman–Crippen LogP) is 1.50. The van der Waals surface area contributed by atoms with Gasteiger partial charge in [-0.25, -0.2) is 18.4 Å². The fraction of sp³-hybridized carbons (Fsp3) is 0.250. The highest BCUT2D eigenvalue weighted by Crippen LogP contribution is 2.17. The monoisotopic (exact) mass is 272 g/mol. The number of ketones is 1. The highest BCUT2D eigenvalue weighted by molar-refractivity contribution is 6.40. The van der Waals surface area contributed by atoms with E-state index >= 15 is 0 Å². The predicted molar refractivity (Wildman–Crippen MR) is 58.7 cm³/mol. The first-order valence-electron chi connectivity index (χ1n) is 5.21. The van der Waals surface area contributed by atoms with Crippen molar-refractivity contribution in [2.24, 2.45) is 0 Å². The van der Waals surface area contributed by atoms with Crippen LogP contribution >= 0.6 is 0 Å². The number of hydrogen-bond donors (Lipinski definition) is 0. The standard InChI is InChI=1S/C12H10F2O5/c1-3-19-12(17)10(15)6-4-7(11(16)18-2)9(14)8(13)5-6/h4-5H,3H2,1-2H3. The van der Waals surface area contributed by atoms with E-state index in [2.05, 4.69) is 9.47 Å². The summed E-state index contributed by atoms with van der Waals surface area (Å²) in [6.07, 6.45) is 0. The average molecular weight is 272 g/mol. The number of benzene rings is 1. The Labute approximate surface area is 107 Å². The number of esters is 2. The minimum Gasteiger partial charge on any atom is -0.465 e. The maximum absolute atomic E-state index is 13.3. The molecule has 5 nitrogen and oxygen atoms in total. The summed E-state index contributed by atoms with van der Waals surface area (Å²) in [5, 5.41) is 0. The molecule has 0 saturated carbocycles. The van der Waals surface area contributed by atoms with E-state index in [0.717, 1.165) is 13.2 Å². The topological polar surface area (TPSA) is 69.7 Å². The van der Waals surface area contributed by atoms with Gasteiger partial charge in [0.2, 0.25) is 0 Å². The van der Waals surface area contributed by atoms with Crippen molar-refractivity contribution in [1.29, 1.82) is 0 Å². The lowest BCUT2D eigenvalue weighted by Gasteiger charge is -2.06. The van der Waals surface area contributed by atoms with Crippen LogP contribution < -0.4 is 0 Å². The van der Waals surface area contributed by atoms with Crippen molar-refractivity contribution in [1.82, 2.24) is 0 Å². The van der Waals surface area contributed by atoms with Crippen LogP contribution in [0.4, 0.5) is 8.78 Å². The van der Waals surface area contributed by atoms with Crippen LogP contribution in [-0.4, -0.2) is 31.4 Å². The lowest BCUT2D eigenvalue weighted by molar-refractivity contribution is -0.137. The molecule has 0 spiro atoms. The second kappa shape index (κ2) is 6.03. The minimum absolute atomic E-state index is 0.0435. The first-order valence-corrected chi connectivity index (χ1v) is 5.21. The number of methoxy groups -OCH3 is 1. The van der Waals surface area contributed by atoms with Crippen LogP contribution in [0.15, 0.2) is 12.1 Å². The summed E-state index contributed by atoms with van der Waals surface area (Å²) in [7, 11) is 0.972. The molecule has 0 unspecified atom stereocenters. The molecular weight excluding hydrogens is 262 g/mol. The zero-order valence-corrected chi connectivity index (χ0v) is 10.2. The Kier molecular flexibility index (Phi) is 4.68. The second-order valence-corrected chi connectivity index (χ2v) is 3.36. The van der Waals surface area contributed by atoms with E-state index in [1.807, 2.05) is 0 Å². The van der Waals surface area contributed by atoms with Gasteiger partial charge in [-0.05, 0) is 19.1 Å². The fourth-order valence-electron chi connectivity index (χ4n) is 1.29. The van der Waals surface area contributed by atoms with Crippen LogP contribution in [0, 0.1) is 11.6 Å². The van der Waals surface area contributed by atoms with Crippen LogP contribution in [0.1, 0.15) is 27.6 Å². The SMILES string of the molecule is CCOC(=O)C(=O)c1cc(F)c(F)c(C(=O)OC)c1. The molecule has 0 radical (unpaired) electrons. The normalized spacial score (nSPS) is 9.89. The van der Waals surface area contributed by atoms with Crippen molar-refractivity contribution < 1.29 is 32.6 Å². The summed E-state index contributed by atoms with van der Waals surface area (Å²) in [6, 6.07) is 1.25. The zero-order chi connectivity index (χ0) is 14.6. The maximum Gasteiger partial charge on any atom is 0.379 e. The first-order chi connectivity index (χ1) is 8.92. The highest BCUT2D eigenvalue weighted by Gasteiger charge is 2.24. The number of rotatable bonds is 4. The molecule has 0 bridgehead atoms. The van der Waals surface area contributed by atoms with E-state index in [0.29, 0.717) is 6.07 Å². The molecule has 0 fully saturated rings. The number of Topliss-reactive ketones (excluding diaryl/α,β-unsaturated/α-hetero) is 1. The van der Waals surface area contributed by atoms with Gasteiger partial charge in [-0.15, -0.1) is 0 Å². The number of halogens is 2. The quantitative estimate of drug-likeness (QED) is 0.472. The van der Waals surface area contributed by atoms with Crippen LogP contribution in [0.2, 0.25) is 0 Å². The molecule has 19 heavy (non-hydrogen) atoms. The summed E-state index contributed by atoms with van der Waals surface area (Å²) >= 11 is 0. The minimum atomic E-state index is -1.45. The first kappa shape index (κ1) is 14.7. The average Bonchev–Trinajstić information content (AvgIpc) is 2.40. The molecule has 0 aliphatic heterocycles. The highest BCUT2D eigenvalue weighted by atomic mass is 19.2. The van der Waals surface area contributed by atoms with Crippen LogP contribution in [-0.2, 0) is 14.3 Å². The van der Waals surface area contributed by atoms with E-state index in [1.165, 1.54) is 6.92 Å². The summed E-state index contributed by atoms with van der Waals surface area (Å²) in [5.41, 5.74) is -1.26. The summed E-state index contributed by atoms with van der Waals surface area (Å²) in [6.45, 7) is 1.44. The van der Waals surface area contributed by atoms with Gasteiger partial charge in [-0.1, -0.05) is 0 Å². The molecule has 0 N–H and O–H groups in total. The lowest BCUT2D eigenvalue weighted by atomic mass is 10.1. The van der Waals surface area contributed by atoms with Gasteiger partial charge in [-0.3, -0.25) is 4.79 Å². The molecule has 0 atom stereocenters. The molecule has 0 aliphatic carbocycles. The summed E-state index contributed by atoms with van der Waals surface area (Å²) in [4.78, 5) is 33.9. The van der Waals surface area contributed by atoms with E-state index in [1.54, 1.807) is 0 Å². The van der Waals surface area contributed by atoms with Crippen LogP contribution in [0.25, 0.3) is 0 Å². The third-order valence-corrected chi connectivity index (χ3v) is 2.16. The molecule has 0 amide bonds. The van der Waals surface area contributed by atoms with Crippen molar-refractivity contribution in [3.05, 3.63) is 34.9 Å². The van der Waals surface area contributed by atoms with Crippen molar-refractivity contribution >= 4 is 17.7 Å². The largest absolute Gasteiger partial charge is 0.465 e. The molecule has 1 aromatic carbocycles. The van der Waals surface area contributed by atoms with Gasteiger partial charge < -0.3 is 9.47 Å². The molecule has 7 heteroatoms. The van der Waals surface area contributed by atoms with E-state index < -0.39 is 40.5 Å². The lowest BCUT2D eigenvalue weighted by Crippen LogP contribution is -2.19. The third-order valence-electron chi connectivity index (χ3n) is 2.16. The van der Waals surface area contributed by atoms with E-state index in [-0.39, 0.29) is 6.61 Å². The second-order valence-electron chi connectivity index (χ2n) is 3.36. The van der Waals surface area contributed by atoms with E-state index in [4.69, 9.17) is 0 Å². The Morgan fingerprint density at radius 1 is 1.21 bits per heavy atom. The van der Waals surface area contributed by atoms with E-state index in [9.17, 15) is 23.2 Å². The molecule has 0 saturated heterocycles. The van der Waals surface area contributed by atoms with Crippen molar-refractivity contribution in [2.75, 3.05) is 13.7 Å². The fourth-order valence-corrected chi connectivity index (χ4v) is 1.29. The van der Waals surface area contributed by atoms with Gasteiger partial charge in [0.05, 0.1) is 19.3 Å². The molecule has 102 valence electrons. The van der Waals surface area contributed by atoms with Crippen molar-refractivity contribution in [2.45, 2.75) is 6.92 Å². The van der Waals surface area contributed by atoms with Crippen molar-refractivity contribution in [3.63, 3.8) is 0 Å². The van der Waals surface area contributed by atoms with Crippen LogP contribution in [0.3, 0.4) is 0 Å². The van der Waals surface area contributed by atoms with Crippen LogP contribution in [0.5, 0.6) is 0 Å². The maximum atomic E-state index is 13.3. The Hall–Kier alpha value is -2.31. The number of carbonyl (C=O) groups excluding carboxylic acids is 3. The number of ether oxygens (including phenoxy) is 2. The third kappa shape index (κ3) is 3.12. The molecule has 0 heterocycles. The summed E-state index contributed by atoms with van der Waals surface area (Å²) < 4.78 is 35.3. The van der Waals surface area contributed by atoms with Gasteiger partial charge in [0.25, 0.3) is 5.78 Å². The Bertz CT molecular complexity index is 539. The smallest absolute Gasteiger partial charge is 0.379 e. The molecule has 1 rings (SSSR count). The molecule has 0 aliphatic rings. The van der Waals surface area contributed by atoms with Gasteiger partial charge in [-0.2, -0.15) is 0 Å². The Morgan fingerprint density at radius 3 is 2.37 bits per heavy atom. The number of hydrogen-bond acceptors (Lipinski definition) is 5. The van der Waals surface area contributed by atoms with Crippen molar-refractivity contribution in [3.8, 4) is 0 Å².